The van der Waals surface area contributed by atoms with Gasteiger partial charge in [-0.3, -0.25) is 0 Å². The van der Waals surface area contributed by atoms with Crippen LogP contribution in [0.1, 0.15) is 22.8 Å². The summed E-state index contributed by atoms with van der Waals surface area (Å²) < 4.78 is 0. The molecule has 0 radical (unpaired) electrons. The van der Waals surface area contributed by atoms with E-state index in [4.69, 9.17) is 0 Å². The van der Waals surface area contributed by atoms with Gasteiger partial charge in [-0.2, -0.15) is 18.2 Å². The monoisotopic (exact) mass is 306 g/mol. The van der Waals surface area contributed by atoms with Crippen LogP contribution in [0.4, 0.5) is 0 Å². The predicted molar refractivity (Wildman–Crippen MR) is 79.3 cm³/mol. The van der Waals surface area contributed by atoms with E-state index in [1.807, 2.05) is 85.8 Å². The van der Waals surface area contributed by atoms with Crippen LogP contribution >= 0.6 is 0 Å². The molecule has 0 aromatic heterocycles. The van der Waals surface area contributed by atoms with Crippen LogP contribution in [0.3, 0.4) is 0 Å². The standard InChI is InChI=1S/C13H13O.C5H5.Fe/c1-10-6-8-12(9-7-10)13(14)11-4-2-3-5-11;1-2-4-5-3-1;/h2-9,13-14H,1H3;1-5H;/q-5;-1;. The second-order valence-electron chi connectivity index (χ2n) is 4.49. The minimum Gasteiger partial charge on any atom is -0.747 e. The van der Waals surface area contributed by atoms with E-state index in [0.717, 1.165) is 11.1 Å². The zero-order valence-electron chi connectivity index (χ0n) is 11.4. The topological polar surface area (TPSA) is 20.2 Å². The van der Waals surface area contributed by atoms with E-state index >= 15 is 0 Å². The van der Waals surface area contributed by atoms with Gasteiger partial charge < -0.3 is 34.9 Å². The molecule has 0 saturated heterocycles. The van der Waals surface area contributed by atoms with Gasteiger partial charge in [0.1, 0.15) is 0 Å². The molecule has 3 rings (SSSR count). The summed E-state index contributed by atoms with van der Waals surface area (Å²) in [6.07, 6.45) is -0.495. The van der Waals surface area contributed by atoms with Crippen molar-refractivity contribution in [1.82, 2.24) is 0 Å². The smallest absolute Gasteiger partial charge is 0 e. The second-order valence-corrected chi connectivity index (χ2v) is 4.49. The van der Waals surface area contributed by atoms with Crippen LogP contribution in [0.2, 0.25) is 0 Å². The maximum atomic E-state index is 9.97. The number of hydrogen-bond donors (Lipinski definition) is 1. The number of aliphatic hydroxyl groups is 1. The molecule has 20 heavy (non-hydrogen) atoms. The number of hydrogen-bond acceptors (Lipinski definition) is 1. The molecule has 0 saturated carbocycles. The number of aryl methyl sites for hydroxylation is 1. The molecular weight excluding hydrogens is 288 g/mol. The quantitative estimate of drug-likeness (QED) is 0.556. The van der Waals surface area contributed by atoms with E-state index in [-0.39, 0.29) is 17.1 Å². The molecule has 0 bridgehead atoms. The summed E-state index contributed by atoms with van der Waals surface area (Å²) in [6.45, 7) is 2.04. The Morgan fingerprint density at radius 2 is 1.55 bits per heavy atom. The fraction of sp³-hybridized carbons (Fsp3) is 0.111. The molecule has 0 aliphatic heterocycles. The normalized spacial score (nSPS) is 10.9. The molecule has 1 unspecified atom stereocenters. The molecule has 0 amide bonds. The molecule has 0 fully saturated rings. The van der Waals surface area contributed by atoms with E-state index in [0.29, 0.717) is 0 Å². The average molecular weight is 306 g/mol. The maximum Gasteiger partial charge on any atom is 0 e. The van der Waals surface area contributed by atoms with Crippen molar-refractivity contribution in [2.75, 3.05) is 0 Å². The van der Waals surface area contributed by atoms with Crippen LogP contribution < -0.4 is 0 Å². The molecule has 0 aliphatic carbocycles. The van der Waals surface area contributed by atoms with Crippen LogP contribution in [0.25, 0.3) is 0 Å². The Morgan fingerprint density at radius 1 is 1.00 bits per heavy atom. The summed E-state index contributed by atoms with van der Waals surface area (Å²) in [6, 6.07) is 25.7. The summed E-state index contributed by atoms with van der Waals surface area (Å²) in [5, 5.41) is 9.97. The minimum absolute atomic E-state index is 0. The van der Waals surface area contributed by atoms with Crippen molar-refractivity contribution in [3.8, 4) is 0 Å². The summed E-state index contributed by atoms with van der Waals surface area (Å²) in [5.74, 6) is 0. The van der Waals surface area contributed by atoms with E-state index in [2.05, 4.69) is 0 Å². The average Bonchev–Trinajstić information content (AvgIpc) is 3.15. The largest absolute Gasteiger partial charge is 0.747 e. The Bertz CT molecular complexity index is 533. The first-order valence-electron chi connectivity index (χ1n) is 6.40. The van der Waals surface area contributed by atoms with Crippen LogP contribution in [0.5, 0.6) is 0 Å². The second kappa shape index (κ2) is 8.55. The third-order valence-corrected chi connectivity index (χ3v) is 2.95. The van der Waals surface area contributed by atoms with Crippen molar-refractivity contribution in [2.24, 2.45) is 0 Å². The van der Waals surface area contributed by atoms with E-state index < -0.39 is 6.10 Å². The van der Waals surface area contributed by atoms with E-state index in [9.17, 15) is 5.11 Å². The molecule has 110 valence electrons. The summed E-state index contributed by atoms with van der Waals surface area (Å²) in [4.78, 5) is 0. The fourth-order valence-corrected chi connectivity index (χ4v) is 1.83. The van der Waals surface area contributed by atoms with Crippen molar-refractivity contribution < 1.29 is 22.2 Å². The van der Waals surface area contributed by atoms with Gasteiger partial charge in [0.2, 0.25) is 0 Å². The van der Waals surface area contributed by atoms with Gasteiger partial charge in [0, 0.05) is 17.1 Å². The zero-order valence-corrected chi connectivity index (χ0v) is 12.5. The van der Waals surface area contributed by atoms with Crippen molar-refractivity contribution in [1.29, 1.82) is 0 Å². The number of rotatable bonds is 2. The van der Waals surface area contributed by atoms with Gasteiger partial charge in [-0.05, 0) is 6.92 Å². The van der Waals surface area contributed by atoms with Crippen LogP contribution in [-0.4, -0.2) is 5.11 Å². The van der Waals surface area contributed by atoms with Gasteiger partial charge in [0.25, 0.3) is 0 Å². The van der Waals surface area contributed by atoms with Gasteiger partial charge in [0.05, 0.1) is 0 Å². The first-order chi connectivity index (χ1) is 9.27. The third kappa shape index (κ3) is 4.82. The Kier molecular flexibility index (Phi) is 7.03. The molecule has 1 N–H and O–H groups in total. The molecule has 0 aliphatic rings. The van der Waals surface area contributed by atoms with Crippen molar-refractivity contribution in [2.45, 2.75) is 13.0 Å². The van der Waals surface area contributed by atoms with Gasteiger partial charge in [-0.1, -0.05) is 41.5 Å². The van der Waals surface area contributed by atoms with E-state index in [1.54, 1.807) is 0 Å². The van der Waals surface area contributed by atoms with Crippen molar-refractivity contribution in [3.63, 3.8) is 0 Å². The van der Waals surface area contributed by atoms with Crippen LogP contribution in [0, 0.1) is 6.92 Å². The van der Waals surface area contributed by atoms with Gasteiger partial charge in [-0.15, -0.1) is 0 Å². The van der Waals surface area contributed by atoms with Crippen molar-refractivity contribution in [3.05, 3.63) is 95.6 Å². The number of benzene rings is 1. The third-order valence-electron chi connectivity index (χ3n) is 2.95. The van der Waals surface area contributed by atoms with Gasteiger partial charge in [0.15, 0.2) is 0 Å². The van der Waals surface area contributed by atoms with Gasteiger partial charge >= 0.3 is 0 Å². The maximum absolute atomic E-state index is 9.97. The van der Waals surface area contributed by atoms with E-state index in [1.165, 1.54) is 5.56 Å². The predicted octanol–water partition coefficient (Wildman–Crippen LogP) is 4.20. The SMILES string of the molecule is Cc1ccc(C(O)[c-]2[cH-][cH-][cH-][cH-]2)cc1.[Fe].c1cc[cH-]c1. The fourth-order valence-electron chi connectivity index (χ4n) is 1.83. The molecule has 2 heteroatoms. The summed E-state index contributed by atoms with van der Waals surface area (Å²) in [7, 11) is 0. The molecule has 1 atom stereocenters. The first kappa shape index (κ1) is 16.5. The van der Waals surface area contributed by atoms with Crippen LogP contribution in [0.15, 0.2) is 78.9 Å². The van der Waals surface area contributed by atoms with Gasteiger partial charge in [-0.25, -0.2) is 12.1 Å². The Labute approximate surface area is 131 Å². The summed E-state index contributed by atoms with van der Waals surface area (Å²) in [5.41, 5.74) is 3.11. The minimum atomic E-state index is -0.495. The first-order valence-corrected chi connectivity index (χ1v) is 6.40. The molecule has 3 aromatic carbocycles. The molecule has 1 nitrogen and oxygen atoms in total. The molecule has 3 aromatic rings. The molecule has 0 heterocycles. The van der Waals surface area contributed by atoms with Crippen molar-refractivity contribution >= 4 is 0 Å². The summed E-state index contributed by atoms with van der Waals surface area (Å²) >= 11 is 0. The van der Waals surface area contributed by atoms with Crippen LogP contribution in [-0.2, 0) is 17.1 Å². The Hall–Kier alpha value is -1.60. The Morgan fingerprint density at radius 3 is 2.00 bits per heavy atom. The Balaban J connectivity index is 0.000000283. The zero-order chi connectivity index (χ0) is 13.5. The number of aliphatic hydroxyl groups excluding tert-OH is 1. The molecular formula is C18H18FeO-6. The molecule has 0 spiro atoms.